The van der Waals surface area contributed by atoms with Gasteiger partial charge in [-0.2, -0.15) is 10.5 Å². The molecule has 2 aromatic heterocycles. The molecule has 0 spiro atoms. The van der Waals surface area contributed by atoms with Crippen LogP contribution < -0.4 is 4.74 Å². The molecule has 0 radical (unpaired) electrons. The third-order valence-corrected chi connectivity index (χ3v) is 8.21. The van der Waals surface area contributed by atoms with Crippen LogP contribution in [0.4, 0.5) is 13.2 Å². The molecule has 0 bridgehead atoms. The van der Waals surface area contributed by atoms with Crippen LogP contribution in [0.2, 0.25) is 0 Å². The van der Waals surface area contributed by atoms with E-state index in [1.165, 1.54) is 31.4 Å². The first-order valence-electron chi connectivity index (χ1n) is 14.4. The second kappa shape index (κ2) is 12.4. The Kier molecular flexibility index (Phi) is 8.16. The number of hydrogen-bond acceptors (Lipinski definition) is 7. The number of imidazole rings is 1. The fraction of sp³-hybridized carbons (Fsp3) is 0.229. The molecule has 0 amide bonds. The number of halogens is 3. The molecule has 230 valence electrons. The van der Waals surface area contributed by atoms with Crippen molar-refractivity contribution < 1.29 is 27.4 Å². The van der Waals surface area contributed by atoms with E-state index in [0.29, 0.717) is 46.5 Å². The average Bonchev–Trinajstić information content (AvgIpc) is 3.74. The number of rotatable bonds is 10. The third-order valence-electron chi connectivity index (χ3n) is 8.21. The fourth-order valence-corrected chi connectivity index (χ4v) is 5.39. The quantitative estimate of drug-likeness (QED) is 0.154. The van der Waals surface area contributed by atoms with E-state index in [1.807, 2.05) is 10.6 Å². The highest BCUT2D eigenvalue weighted by atomic mass is 19.1. The van der Waals surface area contributed by atoms with Gasteiger partial charge in [0.25, 0.3) is 5.88 Å². The number of esters is 1. The number of pyridine rings is 1. The Morgan fingerprint density at radius 2 is 1.72 bits per heavy atom. The number of carbonyl (C=O) groups excluding carboxylic acids is 1. The van der Waals surface area contributed by atoms with Crippen LogP contribution in [0.15, 0.2) is 66.7 Å². The second-order valence-corrected chi connectivity index (χ2v) is 11.3. The summed E-state index contributed by atoms with van der Waals surface area (Å²) in [4.78, 5) is 21.2. The molecule has 46 heavy (non-hydrogen) atoms. The van der Waals surface area contributed by atoms with Crippen LogP contribution in [0.3, 0.4) is 0 Å². The Labute approximate surface area is 262 Å². The molecule has 2 heterocycles. The van der Waals surface area contributed by atoms with Gasteiger partial charge in [-0.15, -0.1) is 0 Å². The summed E-state index contributed by atoms with van der Waals surface area (Å²) in [6.07, 6.45) is 2.29. The maximum Gasteiger partial charge on any atom is 0.337 e. The minimum atomic E-state index is -0.769. The van der Waals surface area contributed by atoms with Gasteiger partial charge < -0.3 is 14.0 Å². The van der Waals surface area contributed by atoms with Crippen molar-refractivity contribution in [1.29, 1.82) is 10.5 Å². The minimum absolute atomic E-state index is 0.119. The van der Waals surface area contributed by atoms with Gasteiger partial charge in [0.2, 0.25) is 0 Å². The predicted molar refractivity (Wildman–Crippen MR) is 161 cm³/mol. The van der Waals surface area contributed by atoms with Crippen molar-refractivity contribution in [3.05, 3.63) is 112 Å². The Morgan fingerprint density at radius 3 is 2.41 bits per heavy atom. The van der Waals surface area contributed by atoms with E-state index in [4.69, 9.17) is 19.7 Å². The van der Waals surface area contributed by atoms with Gasteiger partial charge in [0, 0.05) is 35.9 Å². The summed E-state index contributed by atoms with van der Waals surface area (Å²) in [5, 5.41) is 18.3. The number of methoxy groups -OCH3 is 1. The topological polar surface area (TPSA) is 114 Å². The zero-order valence-electron chi connectivity index (χ0n) is 24.7. The molecule has 11 heteroatoms. The largest absolute Gasteiger partial charge is 0.471 e. The lowest BCUT2D eigenvalue weighted by molar-refractivity contribution is 0.0601. The van der Waals surface area contributed by atoms with Crippen molar-refractivity contribution in [2.75, 3.05) is 7.11 Å². The zero-order valence-corrected chi connectivity index (χ0v) is 24.7. The van der Waals surface area contributed by atoms with Crippen LogP contribution in [0, 0.1) is 45.5 Å². The Balaban J connectivity index is 1.27. The standard InChI is InChI=1S/C35H26F3N5O3/c1-45-34(44)24-6-8-30-31(16-24)43(20-35(10-11-35)12-13-39)32(41-30)17-22-4-5-23(15-28(22)38)29-9-7-26(36)33(42-29)46-19-25-3-2-21(18-40)14-27(25)37/h2-9,14-16H,10-12,17,19-20H2,1H3. The van der Waals surface area contributed by atoms with E-state index in [0.717, 1.165) is 25.0 Å². The third kappa shape index (κ3) is 6.13. The molecule has 1 aliphatic carbocycles. The monoisotopic (exact) mass is 621 g/mol. The SMILES string of the molecule is COC(=O)c1ccc2nc(Cc3ccc(-c4ccc(F)c(OCc5ccc(C#N)cc5F)n4)cc3F)n(CC3(CC#N)CC3)c2c1. The number of ether oxygens (including phenoxy) is 2. The van der Waals surface area contributed by atoms with E-state index in [1.54, 1.807) is 30.3 Å². The van der Waals surface area contributed by atoms with Gasteiger partial charge in [-0.1, -0.05) is 18.2 Å². The van der Waals surface area contributed by atoms with Gasteiger partial charge in [-0.05, 0) is 66.9 Å². The molecule has 0 saturated heterocycles. The molecule has 0 N–H and O–H groups in total. The van der Waals surface area contributed by atoms with Crippen molar-refractivity contribution in [2.45, 2.75) is 38.8 Å². The highest BCUT2D eigenvalue weighted by Gasteiger charge is 2.43. The molecule has 0 atom stereocenters. The first-order chi connectivity index (χ1) is 22.2. The van der Waals surface area contributed by atoms with Gasteiger partial charge in [-0.25, -0.2) is 27.9 Å². The van der Waals surface area contributed by atoms with Crippen molar-refractivity contribution >= 4 is 17.0 Å². The maximum atomic E-state index is 15.6. The molecular formula is C35H26F3N5O3. The van der Waals surface area contributed by atoms with Crippen LogP contribution in [0.1, 0.15) is 52.1 Å². The van der Waals surface area contributed by atoms with E-state index < -0.39 is 23.4 Å². The van der Waals surface area contributed by atoms with Crippen LogP contribution >= 0.6 is 0 Å². The van der Waals surface area contributed by atoms with Crippen molar-refractivity contribution in [2.24, 2.45) is 5.41 Å². The number of nitrogens with zero attached hydrogens (tertiary/aromatic N) is 5. The van der Waals surface area contributed by atoms with Crippen LogP contribution in [0.25, 0.3) is 22.3 Å². The predicted octanol–water partition coefficient (Wildman–Crippen LogP) is 7.04. The molecule has 0 unspecified atom stereocenters. The molecule has 0 aliphatic heterocycles. The summed E-state index contributed by atoms with van der Waals surface area (Å²) in [6, 6.07) is 20.1. The van der Waals surface area contributed by atoms with Gasteiger partial charge in [0.1, 0.15) is 24.1 Å². The molecule has 6 rings (SSSR count). The summed E-state index contributed by atoms with van der Waals surface area (Å²) in [5.74, 6) is -2.24. The Morgan fingerprint density at radius 1 is 0.935 bits per heavy atom. The van der Waals surface area contributed by atoms with Crippen molar-refractivity contribution in [1.82, 2.24) is 14.5 Å². The van der Waals surface area contributed by atoms with E-state index in [-0.39, 0.29) is 41.1 Å². The average molecular weight is 622 g/mol. The fourth-order valence-electron chi connectivity index (χ4n) is 5.39. The number of aromatic nitrogens is 3. The molecule has 8 nitrogen and oxygen atoms in total. The molecule has 1 fully saturated rings. The van der Waals surface area contributed by atoms with E-state index >= 15 is 4.39 Å². The second-order valence-electron chi connectivity index (χ2n) is 11.3. The molecule has 3 aromatic carbocycles. The lowest BCUT2D eigenvalue weighted by atomic mass is 10.0. The van der Waals surface area contributed by atoms with Gasteiger partial charge in [0.15, 0.2) is 5.82 Å². The lowest BCUT2D eigenvalue weighted by Gasteiger charge is -2.16. The van der Waals surface area contributed by atoms with Gasteiger partial charge >= 0.3 is 5.97 Å². The van der Waals surface area contributed by atoms with Crippen LogP contribution in [-0.2, 0) is 24.3 Å². The lowest BCUT2D eigenvalue weighted by Crippen LogP contribution is -2.15. The smallest absolute Gasteiger partial charge is 0.337 e. The molecule has 1 aliphatic rings. The molecule has 1 saturated carbocycles. The number of fused-ring (bicyclic) bond motifs is 1. The van der Waals surface area contributed by atoms with Crippen molar-refractivity contribution in [3.63, 3.8) is 0 Å². The summed E-state index contributed by atoms with van der Waals surface area (Å²) < 4.78 is 56.7. The molecular weight excluding hydrogens is 595 g/mol. The van der Waals surface area contributed by atoms with Gasteiger partial charge in [-0.3, -0.25) is 0 Å². The minimum Gasteiger partial charge on any atom is -0.471 e. The van der Waals surface area contributed by atoms with Crippen LogP contribution in [-0.4, -0.2) is 27.6 Å². The normalized spacial score (nSPS) is 13.2. The molecule has 5 aromatic rings. The Bertz CT molecular complexity index is 2070. The highest BCUT2D eigenvalue weighted by molar-refractivity contribution is 5.93. The van der Waals surface area contributed by atoms with Crippen LogP contribution in [0.5, 0.6) is 5.88 Å². The first kappa shape index (κ1) is 30.4. The summed E-state index contributed by atoms with van der Waals surface area (Å²) in [6.45, 7) is 0.182. The van der Waals surface area contributed by atoms with E-state index in [9.17, 15) is 18.8 Å². The number of carbonyl (C=O) groups is 1. The maximum absolute atomic E-state index is 15.6. The highest BCUT2D eigenvalue weighted by Crippen LogP contribution is 2.50. The number of nitriles is 2. The van der Waals surface area contributed by atoms with Crippen molar-refractivity contribution in [3.8, 4) is 29.3 Å². The summed E-state index contributed by atoms with van der Waals surface area (Å²) >= 11 is 0. The zero-order chi connectivity index (χ0) is 32.4. The number of hydrogen-bond donors (Lipinski definition) is 0. The van der Waals surface area contributed by atoms with Gasteiger partial charge in [0.05, 0.1) is 47.1 Å². The summed E-state index contributed by atoms with van der Waals surface area (Å²) in [5.41, 5.74) is 2.74. The van der Waals surface area contributed by atoms with E-state index in [2.05, 4.69) is 11.1 Å². The summed E-state index contributed by atoms with van der Waals surface area (Å²) in [7, 11) is 1.31. The number of benzene rings is 3. The Hall–Kier alpha value is -5.68. The first-order valence-corrected chi connectivity index (χ1v) is 14.4.